The summed E-state index contributed by atoms with van der Waals surface area (Å²) in [4.78, 5) is 0. The Balaban J connectivity index is 2.02. The minimum atomic E-state index is -0.396. The maximum Gasteiger partial charge on any atom is 0.205 e. The maximum atomic E-state index is 9.81. The van der Waals surface area contributed by atoms with E-state index in [0.29, 0.717) is 22.8 Å². The van der Waals surface area contributed by atoms with E-state index in [4.69, 9.17) is 19.9 Å². The van der Waals surface area contributed by atoms with Crippen LogP contribution >= 0.6 is 15.9 Å². The van der Waals surface area contributed by atoms with Crippen molar-refractivity contribution in [2.45, 2.75) is 5.92 Å². The Morgan fingerprint density at radius 3 is 2.46 bits per heavy atom. The van der Waals surface area contributed by atoms with Gasteiger partial charge in [-0.15, -0.1) is 0 Å². The second-order valence-electron chi connectivity index (χ2n) is 6.36. The Bertz CT molecular complexity index is 1160. The van der Waals surface area contributed by atoms with Crippen molar-refractivity contribution in [2.24, 2.45) is 5.73 Å². The molecule has 0 saturated carbocycles. The van der Waals surface area contributed by atoms with E-state index in [9.17, 15) is 5.26 Å². The Kier molecular flexibility index (Phi) is 4.62. The number of fused-ring (bicyclic) bond motifs is 3. The number of methoxy groups -OCH3 is 2. The third-order valence-corrected chi connectivity index (χ3v) is 5.61. The van der Waals surface area contributed by atoms with Crippen molar-refractivity contribution in [3.63, 3.8) is 0 Å². The van der Waals surface area contributed by atoms with Crippen molar-refractivity contribution in [1.82, 2.24) is 0 Å². The maximum absolute atomic E-state index is 9.81. The molecule has 0 aromatic heterocycles. The minimum Gasteiger partial charge on any atom is -0.493 e. The highest BCUT2D eigenvalue weighted by atomic mass is 79.9. The summed E-state index contributed by atoms with van der Waals surface area (Å²) < 4.78 is 17.5. The van der Waals surface area contributed by atoms with Crippen LogP contribution in [-0.4, -0.2) is 14.2 Å². The zero-order valence-corrected chi connectivity index (χ0v) is 16.9. The molecule has 1 aliphatic rings. The summed E-state index contributed by atoms with van der Waals surface area (Å²) in [6, 6.07) is 17.8. The summed E-state index contributed by atoms with van der Waals surface area (Å²) >= 11 is 3.62. The van der Waals surface area contributed by atoms with Crippen LogP contribution in [0, 0.1) is 11.3 Å². The molecule has 3 aromatic rings. The van der Waals surface area contributed by atoms with E-state index in [-0.39, 0.29) is 5.88 Å². The molecule has 3 aromatic carbocycles. The quantitative estimate of drug-likeness (QED) is 0.635. The normalized spacial score (nSPS) is 15.6. The smallest absolute Gasteiger partial charge is 0.205 e. The van der Waals surface area contributed by atoms with Crippen LogP contribution in [0.25, 0.3) is 10.8 Å². The number of nitriles is 1. The van der Waals surface area contributed by atoms with Gasteiger partial charge in [0.2, 0.25) is 5.88 Å². The molecule has 1 atom stereocenters. The number of ether oxygens (including phenoxy) is 3. The molecule has 0 fully saturated rings. The monoisotopic (exact) mass is 436 g/mol. The molecule has 0 radical (unpaired) electrons. The van der Waals surface area contributed by atoms with Gasteiger partial charge in [0.15, 0.2) is 11.5 Å². The predicted molar refractivity (Wildman–Crippen MR) is 110 cm³/mol. The van der Waals surface area contributed by atoms with Crippen molar-refractivity contribution >= 4 is 26.7 Å². The van der Waals surface area contributed by atoms with Crippen LogP contribution in [0.3, 0.4) is 0 Å². The number of benzene rings is 3. The summed E-state index contributed by atoms with van der Waals surface area (Å²) in [6.45, 7) is 0. The van der Waals surface area contributed by atoms with E-state index >= 15 is 0 Å². The average molecular weight is 437 g/mol. The van der Waals surface area contributed by atoms with Gasteiger partial charge in [-0.25, -0.2) is 0 Å². The lowest BCUT2D eigenvalue weighted by atomic mass is 9.82. The molecule has 0 amide bonds. The number of allylic oxidation sites excluding steroid dienone is 1. The molecule has 1 heterocycles. The van der Waals surface area contributed by atoms with Crippen LogP contribution in [0.2, 0.25) is 0 Å². The van der Waals surface area contributed by atoms with Crippen molar-refractivity contribution in [2.75, 3.05) is 14.2 Å². The van der Waals surface area contributed by atoms with E-state index < -0.39 is 5.92 Å². The molecule has 0 bridgehead atoms. The zero-order valence-electron chi connectivity index (χ0n) is 15.3. The van der Waals surface area contributed by atoms with E-state index in [1.807, 2.05) is 48.5 Å². The van der Waals surface area contributed by atoms with Gasteiger partial charge < -0.3 is 19.9 Å². The van der Waals surface area contributed by atoms with Gasteiger partial charge >= 0.3 is 0 Å². The first-order valence-corrected chi connectivity index (χ1v) is 9.39. The van der Waals surface area contributed by atoms with Gasteiger partial charge in [-0.1, -0.05) is 52.3 Å². The van der Waals surface area contributed by atoms with Crippen molar-refractivity contribution in [1.29, 1.82) is 5.26 Å². The molecule has 0 saturated heterocycles. The molecule has 140 valence electrons. The molecule has 5 nitrogen and oxygen atoms in total. The number of hydrogen-bond acceptors (Lipinski definition) is 5. The van der Waals surface area contributed by atoms with Gasteiger partial charge in [-0.2, -0.15) is 5.26 Å². The molecule has 1 aliphatic heterocycles. The van der Waals surface area contributed by atoms with Crippen LogP contribution in [-0.2, 0) is 0 Å². The minimum absolute atomic E-state index is 0.109. The molecule has 6 heteroatoms. The van der Waals surface area contributed by atoms with Crippen molar-refractivity contribution in [3.05, 3.63) is 75.6 Å². The number of nitrogens with zero attached hydrogens (tertiary/aromatic N) is 1. The first kappa shape index (κ1) is 18.2. The second-order valence-corrected chi connectivity index (χ2v) is 7.21. The van der Waals surface area contributed by atoms with Gasteiger partial charge in [0, 0.05) is 15.4 Å². The molecule has 4 rings (SSSR count). The van der Waals surface area contributed by atoms with E-state index in [1.54, 1.807) is 14.2 Å². The van der Waals surface area contributed by atoms with E-state index in [1.165, 1.54) is 0 Å². The molecule has 0 aliphatic carbocycles. The number of halogens is 1. The predicted octanol–water partition coefficient (Wildman–Crippen LogP) is 4.84. The summed E-state index contributed by atoms with van der Waals surface area (Å²) in [6.07, 6.45) is 0. The third kappa shape index (κ3) is 2.76. The van der Waals surface area contributed by atoms with Crippen LogP contribution in [0.4, 0.5) is 0 Å². The van der Waals surface area contributed by atoms with E-state index in [2.05, 4.69) is 22.0 Å². The average Bonchev–Trinajstić information content (AvgIpc) is 2.72. The standard InChI is InChI=1S/C22H17BrN2O3/c1-26-18-9-15(17(23)10-19(18)27-2)20-14-8-7-12-5-3-4-6-13(12)21(14)28-22(25)16(20)11-24/h3-10,20H,25H2,1-2H3. The zero-order chi connectivity index (χ0) is 19.8. The molecule has 1 unspecified atom stereocenters. The summed E-state index contributed by atoms with van der Waals surface area (Å²) in [7, 11) is 3.16. The van der Waals surface area contributed by atoms with Gasteiger partial charge in [0.1, 0.15) is 17.4 Å². The lowest BCUT2D eigenvalue weighted by Gasteiger charge is -2.28. The fourth-order valence-electron chi connectivity index (χ4n) is 3.60. The second kappa shape index (κ2) is 7.10. The van der Waals surface area contributed by atoms with Crippen LogP contribution in [0.15, 0.2) is 64.5 Å². The molecule has 28 heavy (non-hydrogen) atoms. The van der Waals surface area contributed by atoms with Crippen molar-refractivity contribution < 1.29 is 14.2 Å². The van der Waals surface area contributed by atoms with Gasteiger partial charge in [0.05, 0.1) is 20.1 Å². The Hall–Kier alpha value is -3.17. The molecular formula is C22H17BrN2O3. The number of rotatable bonds is 3. The van der Waals surface area contributed by atoms with Crippen LogP contribution < -0.4 is 19.9 Å². The highest BCUT2D eigenvalue weighted by Gasteiger charge is 2.33. The Morgan fingerprint density at radius 1 is 1.04 bits per heavy atom. The van der Waals surface area contributed by atoms with Gasteiger partial charge in [-0.3, -0.25) is 0 Å². The summed E-state index contributed by atoms with van der Waals surface area (Å²) in [5, 5.41) is 11.8. The van der Waals surface area contributed by atoms with Gasteiger partial charge in [0.25, 0.3) is 0 Å². The summed E-state index contributed by atoms with van der Waals surface area (Å²) in [5.74, 6) is 1.55. The lowest BCUT2D eigenvalue weighted by Crippen LogP contribution is -2.21. The number of hydrogen-bond donors (Lipinski definition) is 1. The summed E-state index contributed by atoms with van der Waals surface area (Å²) in [5.41, 5.74) is 8.24. The fraction of sp³-hybridized carbons (Fsp3) is 0.136. The number of nitrogens with two attached hydrogens (primary N) is 1. The fourth-order valence-corrected chi connectivity index (χ4v) is 4.15. The highest BCUT2D eigenvalue weighted by molar-refractivity contribution is 9.10. The Labute approximate surface area is 171 Å². The van der Waals surface area contributed by atoms with Crippen molar-refractivity contribution in [3.8, 4) is 23.3 Å². The molecule has 2 N–H and O–H groups in total. The van der Waals surface area contributed by atoms with Gasteiger partial charge in [-0.05, 0) is 23.1 Å². The lowest BCUT2D eigenvalue weighted by molar-refractivity contribution is 0.354. The van der Waals surface area contributed by atoms with Crippen LogP contribution in [0.5, 0.6) is 17.2 Å². The molecule has 0 spiro atoms. The highest BCUT2D eigenvalue weighted by Crippen LogP contribution is 2.48. The van der Waals surface area contributed by atoms with E-state index in [0.717, 1.165) is 26.4 Å². The largest absolute Gasteiger partial charge is 0.493 e. The van der Waals surface area contributed by atoms with Crippen LogP contribution in [0.1, 0.15) is 17.0 Å². The SMILES string of the molecule is COc1cc(Br)c(C2C(C#N)=C(N)Oc3c2ccc2ccccc32)cc1OC. The third-order valence-electron chi connectivity index (χ3n) is 4.92. The Morgan fingerprint density at radius 2 is 1.75 bits per heavy atom. The first-order chi connectivity index (χ1) is 13.6. The molecular weight excluding hydrogens is 420 g/mol. The topological polar surface area (TPSA) is 77.5 Å². The first-order valence-electron chi connectivity index (χ1n) is 8.59.